The summed E-state index contributed by atoms with van der Waals surface area (Å²) in [6.45, 7) is 2.08. The number of methoxy groups -OCH3 is 1. The number of rotatable bonds is 4. The summed E-state index contributed by atoms with van der Waals surface area (Å²) in [5.74, 6) is 0.902. The van der Waals surface area contributed by atoms with E-state index in [1.54, 1.807) is 31.2 Å². The molecular weight excluding hydrogens is 246 g/mol. The van der Waals surface area contributed by atoms with Gasteiger partial charge in [-0.3, -0.25) is 4.79 Å². The fourth-order valence-corrected chi connectivity index (χ4v) is 1.67. The Morgan fingerprint density at radius 2 is 2.26 bits per heavy atom. The summed E-state index contributed by atoms with van der Waals surface area (Å²) in [7, 11) is 1.50. The highest BCUT2D eigenvalue weighted by Gasteiger charge is 2.13. The Labute approximate surface area is 110 Å². The Morgan fingerprint density at radius 3 is 2.89 bits per heavy atom. The molecule has 0 fully saturated rings. The first kappa shape index (κ1) is 12.9. The van der Waals surface area contributed by atoms with Gasteiger partial charge in [-0.2, -0.15) is 0 Å². The Hall–Kier alpha value is -2.50. The van der Waals surface area contributed by atoms with Gasteiger partial charge in [0, 0.05) is 11.8 Å². The number of aryl methyl sites for hydroxylation is 1. The van der Waals surface area contributed by atoms with Gasteiger partial charge in [-0.1, -0.05) is 5.16 Å². The number of benzene rings is 1. The van der Waals surface area contributed by atoms with Crippen LogP contribution in [-0.2, 0) is 6.54 Å². The topological polar surface area (TPSA) is 90.4 Å². The number of nitrogen functional groups attached to an aromatic ring is 1. The standard InChI is InChI=1S/C13H15N3O3/c1-8-5-10(16-19-8)7-15-13(17)11-6-9(14)3-4-12(11)18-2/h3-6H,7,14H2,1-2H3,(H,15,17). The van der Waals surface area contributed by atoms with Crippen molar-refractivity contribution < 1.29 is 14.1 Å². The van der Waals surface area contributed by atoms with Gasteiger partial charge in [-0.25, -0.2) is 0 Å². The summed E-state index contributed by atoms with van der Waals surface area (Å²) in [5, 5.41) is 6.53. The zero-order chi connectivity index (χ0) is 13.8. The van der Waals surface area contributed by atoms with E-state index in [2.05, 4.69) is 10.5 Å². The summed E-state index contributed by atoms with van der Waals surface area (Å²) in [6.07, 6.45) is 0. The van der Waals surface area contributed by atoms with Gasteiger partial charge in [0.25, 0.3) is 5.91 Å². The normalized spacial score (nSPS) is 10.2. The average Bonchev–Trinajstić information content (AvgIpc) is 2.81. The van der Waals surface area contributed by atoms with Gasteiger partial charge in [-0.15, -0.1) is 0 Å². The number of nitrogens with two attached hydrogens (primary N) is 1. The number of hydrogen-bond acceptors (Lipinski definition) is 5. The first-order chi connectivity index (χ1) is 9.10. The molecular formula is C13H15N3O3. The van der Waals surface area contributed by atoms with Gasteiger partial charge in [0.15, 0.2) is 0 Å². The fraction of sp³-hybridized carbons (Fsp3) is 0.231. The zero-order valence-corrected chi connectivity index (χ0v) is 10.8. The molecule has 100 valence electrons. The van der Waals surface area contributed by atoms with Gasteiger partial charge in [0.1, 0.15) is 17.2 Å². The smallest absolute Gasteiger partial charge is 0.255 e. The zero-order valence-electron chi connectivity index (χ0n) is 10.8. The lowest BCUT2D eigenvalue weighted by molar-refractivity contribution is 0.0947. The van der Waals surface area contributed by atoms with E-state index >= 15 is 0 Å². The minimum absolute atomic E-state index is 0.273. The largest absolute Gasteiger partial charge is 0.496 e. The monoisotopic (exact) mass is 261 g/mol. The molecule has 0 saturated heterocycles. The van der Waals surface area contributed by atoms with Gasteiger partial charge in [-0.05, 0) is 25.1 Å². The quantitative estimate of drug-likeness (QED) is 0.814. The lowest BCUT2D eigenvalue weighted by atomic mass is 10.1. The summed E-state index contributed by atoms with van der Waals surface area (Å²) in [6, 6.07) is 6.67. The first-order valence-corrected chi connectivity index (χ1v) is 5.74. The molecule has 6 heteroatoms. The molecule has 6 nitrogen and oxygen atoms in total. The number of carbonyl (C=O) groups is 1. The van der Waals surface area contributed by atoms with Gasteiger partial charge in [0.2, 0.25) is 0 Å². The molecule has 2 rings (SSSR count). The molecule has 0 unspecified atom stereocenters. The van der Waals surface area contributed by atoms with Crippen LogP contribution in [0.15, 0.2) is 28.8 Å². The number of hydrogen-bond donors (Lipinski definition) is 2. The Bertz CT molecular complexity index is 593. The van der Waals surface area contributed by atoms with E-state index < -0.39 is 0 Å². The molecule has 2 aromatic rings. The molecule has 0 atom stereocenters. The summed E-state index contributed by atoms with van der Waals surface area (Å²) >= 11 is 0. The SMILES string of the molecule is COc1ccc(N)cc1C(=O)NCc1cc(C)on1. The number of anilines is 1. The Morgan fingerprint density at radius 1 is 1.47 bits per heavy atom. The molecule has 0 aliphatic rings. The number of amides is 1. The summed E-state index contributed by atoms with van der Waals surface area (Å²) < 4.78 is 10.0. The molecule has 0 saturated carbocycles. The maximum absolute atomic E-state index is 12.1. The van der Waals surface area contributed by atoms with Crippen molar-refractivity contribution in [1.29, 1.82) is 0 Å². The number of nitrogens with zero attached hydrogens (tertiary/aromatic N) is 1. The molecule has 1 aromatic heterocycles. The van der Waals surface area contributed by atoms with Crippen molar-refractivity contribution in [2.24, 2.45) is 0 Å². The van der Waals surface area contributed by atoms with E-state index in [0.717, 1.165) is 0 Å². The van der Waals surface area contributed by atoms with E-state index in [9.17, 15) is 4.79 Å². The lowest BCUT2D eigenvalue weighted by Crippen LogP contribution is -2.23. The summed E-state index contributed by atoms with van der Waals surface area (Å²) in [5.41, 5.74) is 7.22. The van der Waals surface area contributed by atoms with Crippen molar-refractivity contribution in [1.82, 2.24) is 10.5 Å². The second-order valence-electron chi connectivity index (χ2n) is 4.07. The third-order valence-corrected chi connectivity index (χ3v) is 2.57. The van der Waals surface area contributed by atoms with E-state index in [4.69, 9.17) is 15.0 Å². The Kier molecular flexibility index (Phi) is 3.70. The molecule has 19 heavy (non-hydrogen) atoms. The molecule has 1 aromatic carbocycles. The third kappa shape index (κ3) is 3.04. The van der Waals surface area contributed by atoms with Crippen LogP contribution in [0, 0.1) is 6.92 Å². The highest BCUT2D eigenvalue weighted by atomic mass is 16.5. The molecule has 0 aliphatic carbocycles. The molecule has 0 spiro atoms. The first-order valence-electron chi connectivity index (χ1n) is 5.74. The third-order valence-electron chi connectivity index (χ3n) is 2.57. The van der Waals surface area contributed by atoms with Crippen LogP contribution >= 0.6 is 0 Å². The summed E-state index contributed by atoms with van der Waals surface area (Å²) in [4.78, 5) is 12.1. The van der Waals surface area contributed by atoms with Crippen molar-refractivity contribution in [3.05, 3.63) is 41.3 Å². The van der Waals surface area contributed by atoms with Crippen LogP contribution in [0.1, 0.15) is 21.8 Å². The highest BCUT2D eigenvalue weighted by molar-refractivity contribution is 5.97. The van der Waals surface area contributed by atoms with Crippen molar-refractivity contribution in [2.45, 2.75) is 13.5 Å². The van der Waals surface area contributed by atoms with Gasteiger partial charge < -0.3 is 20.3 Å². The molecule has 1 amide bonds. The van der Waals surface area contributed by atoms with Crippen molar-refractivity contribution in [2.75, 3.05) is 12.8 Å². The maximum atomic E-state index is 12.1. The molecule has 0 aliphatic heterocycles. The number of ether oxygens (including phenoxy) is 1. The van der Waals surface area contributed by atoms with Crippen LogP contribution in [0.4, 0.5) is 5.69 Å². The number of carbonyl (C=O) groups excluding carboxylic acids is 1. The van der Waals surface area contributed by atoms with E-state index in [1.807, 2.05) is 0 Å². The van der Waals surface area contributed by atoms with Crippen molar-refractivity contribution in [3.63, 3.8) is 0 Å². The maximum Gasteiger partial charge on any atom is 0.255 e. The predicted octanol–water partition coefficient (Wildman–Crippen LogP) is 1.50. The highest BCUT2D eigenvalue weighted by Crippen LogP contribution is 2.20. The average molecular weight is 261 g/mol. The minimum Gasteiger partial charge on any atom is -0.496 e. The van der Waals surface area contributed by atoms with E-state index in [-0.39, 0.29) is 12.5 Å². The van der Waals surface area contributed by atoms with Crippen LogP contribution in [0.5, 0.6) is 5.75 Å². The molecule has 0 bridgehead atoms. The number of aromatic nitrogens is 1. The molecule has 3 N–H and O–H groups in total. The second-order valence-corrected chi connectivity index (χ2v) is 4.07. The number of nitrogens with one attached hydrogen (secondary N) is 1. The molecule has 1 heterocycles. The van der Waals surface area contributed by atoms with Crippen molar-refractivity contribution in [3.8, 4) is 5.75 Å². The Balaban J connectivity index is 2.09. The van der Waals surface area contributed by atoms with Crippen molar-refractivity contribution >= 4 is 11.6 Å². The van der Waals surface area contributed by atoms with Gasteiger partial charge >= 0.3 is 0 Å². The minimum atomic E-state index is -0.273. The van der Waals surface area contributed by atoms with Crippen LogP contribution in [0.2, 0.25) is 0 Å². The van der Waals surface area contributed by atoms with Crippen LogP contribution in [0.25, 0.3) is 0 Å². The second kappa shape index (κ2) is 5.43. The lowest BCUT2D eigenvalue weighted by Gasteiger charge is -2.09. The van der Waals surface area contributed by atoms with E-state index in [1.165, 1.54) is 7.11 Å². The van der Waals surface area contributed by atoms with Crippen LogP contribution in [-0.4, -0.2) is 18.2 Å². The van der Waals surface area contributed by atoms with Crippen LogP contribution in [0.3, 0.4) is 0 Å². The fourth-order valence-electron chi connectivity index (χ4n) is 1.67. The van der Waals surface area contributed by atoms with E-state index in [0.29, 0.717) is 28.5 Å². The van der Waals surface area contributed by atoms with Gasteiger partial charge in [0.05, 0.1) is 19.2 Å². The molecule has 0 radical (unpaired) electrons. The predicted molar refractivity (Wildman–Crippen MR) is 69.8 cm³/mol. The van der Waals surface area contributed by atoms with Crippen LogP contribution < -0.4 is 15.8 Å².